The Morgan fingerprint density at radius 1 is 1.33 bits per heavy atom. The Hall–Kier alpha value is -2.39. The molecule has 0 bridgehead atoms. The molecule has 3 N–H and O–H groups in total. The molecule has 1 aromatic heterocycles. The number of H-pyrrole nitrogens is 1. The fourth-order valence-electron chi connectivity index (χ4n) is 2.70. The van der Waals surface area contributed by atoms with Gasteiger partial charge in [-0.3, -0.25) is 14.7 Å². The van der Waals surface area contributed by atoms with Crippen LogP contribution < -0.4 is 5.56 Å². The normalized spacial score (nSPS) is 15.2. The number of phenols is 2. The second-order valence-electron chi connectivity index (χ2n) is 5.84. The predicted molar refractivity (Wildman–Crippen MR) is 85.6 cm³/mol. The van der Waals surface area contributed by atoms with E-state index >= 15 is 0 Å². The Morgan fingerprint density at radius 3 is 2.75 bits per heavy atom. The van der Waals surface area contributed by atoms with Gasteiger partial charge in [0.05, 0.1) is 11.3 Å². The van der Waals surface area contributed by atoms with Gasteiger partial charge in [0.2, 0.25) is 15.0 Å². The zero-order valence-corrected chi connectivity index (χ0v) is 13.8. The van der Waals surface area contributed by atoms with Crippen LogP contribution in [0.15, 0.2) is 28.2 Å². The fourth-order valence-corrected chi connectivity index (χ4v) is 3.25. The molecule has 0 radical (unpaired) electrons. The highest BCUT2D eigenvalue weighted by Crippen LogP contribution is 2.25. The Bertz CT molecular complexity index is 952. The highest BCUT2D eigenvalue weighted by molar-refractivity contribution is 7.90. The lowest BCUT2D eigenvalue weighted by Gasteiger charge is -2.27. The number of phenolic OH excluding ortho intramolecular Hbond substituents is 2. The van der Waals surface area contributed by atoms with Gasteiger partial charge in [0.1, 0.15) is 11.5 Å². The average Bonchev–Trinajstić information content (AvgIpc) is 2.49. The molecule has 8 nitrogen and oxygen atoms in total. The van der Waals surface area contributed by atoms with Crippen LogP contribution in [-0.2, 0) is 29.3 Å². The quantitative estimate of drug-likeness (QED) is 0.672. The maximum absolute atomic E-state index is 12.2. The molecular weight excluding hydrogens is 334 g/mol. The van der Waals surface area contributed by atoms with Crippen LogP contribution in [0.5, 0.6) is 11.5 Å². The third-order valence-electron chi connectivity index (χ3n) is 3.94. The van der Waals surface area contributed by atoms with E-state index in [2.05, 4.69) is 9.97 Å². The molecule has 1 aliphatic rings. The first kappa shape index (κ1) is 16.5. The highest BCUT2D eigenvalue weighted by atomic mass is 32.2. The summed E-state index contributed by atoms with van der Waals surface area (Å²) in [4.78, 5) is 20.5. The minimum atomic E-state index is -3.57. The Labute approximate surface area is 138 Å². The van der Waals surface area contributed by atoms with Gasteiger partial charge in [-0.1, -0.05) is 6.07 Å². The van der Waals surface area contributed by atoms with Gasteiger partial charge >= 0.3 is 0 Å². The van der Waals surface area contributed by atoms with E-state index in [0.29, 0.717) is 42.9 Å². The molecule has 0 fully saturated rings. The van der Waals surface area contributed by atoms with E-state index in [9.17, 15) is 23.4 Å². The van der Waals surface area contributed by atoms with Crippen LogP contribution >= 0.6 is 0 Å². The zero-order chi connectivity index (χ0) is 17.5. The van der Waals surface area contributed by atoms with E-state index in [0.717, 1.165) is 6.26 Å². The minimum Gasteiger partial charge on any atom is -0.508 e. The molecule has 1 aromatic carbocycles. The molecule has 0 amide bonds. The molecule has 9 heteroatoms. The van der Waals surface area contributed by atoms with Crippen LogP contribution in [0.25, 0.3) is 0 Å². The van der Waals surface area contributed by atoms with Crippen LogP contribution in [0.3, 0.4) is 0 Å². The third-order valence-corrected chi connectivity index (χ3v) is 4.84. The third kappa shape index (κ3) is 3.26. The molecule has 1 aliphatic heterocycles. The summed E-state index contributed by atoms with van der Waals surface area (Å²) in [6.45, 7) is 1.29. The van der Waals surface area contributed by atoms with Crippen LogP contribution in [-0.4, -0.2) is 46.3 Å². The van der Waals surface area contributed by atoms with Crippen LogP contribution in [0.4, 0.5) is 0 Å². The summed E-state index contributed by atoms with van der Waals surface area (Å²) in [6.07, 6.45) is 1.45. The number of nitrogens with one attached hydrogen (secondary N) is 1. The first-order valence-corrected chi connectivity index (χ1v) is 9.18. The molecule has 0 atom stereocenters. The Balaban J connectivity index is 1.86. The van der Waals surface area contributed by atoms with Gasteiger partial charge in [-0.15, -0.1) is 0 Å². The maximum Gasteiger partial charge on any atom is 0.256 e. The van der Waals surface area contributed by atoms with Gasteiger partial charge in [-0.05, 0) is 6.07 Å². The summed E-state index contributed by atoms with van der Waals surface area (Å²) in [5.74, 6) is -0.0329. The van der Waals surface area contributed by atoms with E-state index < -0.39 is 15.4 Å². The van der Waals surface area contributed by atoms with E-state index in [1.165, 1.54) is 12.1 Å². The summed E-state index contributed by atoms with van der Waals surface area (Å²) in [5, 5.41) is 18.9. The summed E-state index contributed by atoms with van der Waals surface area (Å²) in [6, 6.07) is 4.37. The molecule has 24 heavy (non-hydrogen) atoms. The monoisotopic (exact) mass is 351 g/mol. The molecule has 0 aliphatic carbocycles. The van der Waals surface area contributed by atoms with Crippen LogP contribution in [0, 0.1) is 0 Å². The number of aromatic nitrogens is 2. The molecule has 3 rings (SSSR count). The molecule has 0 spiro atoms. The lowest BCUT2D eigenvalue weighted by atomic mass is 10.1. The first-order chi connectivity index (χ1) is 11.2. The topological polar surface area (TPSA) is 124 Å². The number of hydrogen-bond acceptors (Lipinski definition) is 7. The van der Waals surface area contributed by atoms with Crippen molar-refractivity contribution in [3.05, 3.63) is 45.4 Å². The summed E-state index contributed by atoms with van der Waals surface area (Å²) in [5.41, 5.74) is 1.10. The van der Waals surface area contributed by atoms with Gasteiger partial charge in [0.15, 0.2) is 0 Å². The van der Waals surface area contributed by atoms with Crippen molar-refractivity contribution in [2.45, 2.75) is 24.7 Å². The number of benzene rings is 1. The standard InChI is InChI=1S/C15H17N3O5S/c1-24(22,23)15-16-12-4-5-18(8-11(12)14(21)17-15)7-9-2-3-10(19)6-13(9)20/h2-3,6,19-20H,4-5,7-8H2,1H3,(H,16,17,21). The molecule has 0 saturated carbocycles. The zero-order valence-electron chi connectivity index (χ0n) is 13.0. The van der Waals surface area contributed by atoms with E-state index in [4.69, 9.17) is 0 Å². The molecule has 128 valence electrons. The van der Waals surface area contributed by atoms with Crippen molar-refractivity contribution in [3.63, 3.8) is 0 Å². The Kier molecular flexibility index (Phi) is 4.06. The summed E-state index contributed by atoms with van der Waals surface area (Å²) >= 11 is 0. The van der Waals surface area contributed by atoms with Crippen LogP contribution in [0.1, 0.15) is 16.8 Å². The van der Waals surface area contributed by atoms with Crippen molar-refractivity contribution in [1.29, 1.82) is 0 Å². The minimum absolute atomic E-state index is 0.0137. The van der Waals surface area contributed by atoms with E-state index in [1.807, 2.05) is 4.90 Å². The van der Waals surface area contributed by atoms with Gasteiger partial charge in [0, 0.05) is 43.9 Å². The van der Waals surface area contributed by atoms with Gasteiger partial charge < -0.3 is 10.2 Å². The number of rotatable bonds is 3. The second-order valence-corrected chi connectivity index (χ2v) is 7.77. The molecule has 0 saturated heterocycles. The summed E-state index contributed by atoms with van der Waals surface area (Å²) < 4.78 is 23.1. The first-order valence-electron chi connectivity index (χ1n) is 7.29. The van der Waals surface area contributed by atoms with Crippen molar-refractivity contribution in [3.8, 4) is 11.5 Å². The van der Waals surface area contributed by atoms with Gasteiger partial charge in [-0.25, -0.2) is 13.4 Å². The van der Waals surface area contributed by atoms with Crippen molar-refractivity contribution >= 4 is 9.84 Å². The highest BCUT2D eigenvalue weighted by Gasteiger charge is 2.24. The van der Waals surface area contributed by atoms with Crippen molar-refractivity contribution in [1.82, 2.24) is 14.9 Å². The number of fused-ring (bicyclic) bond motifs is 1. The predicted octanol–water partition coefficient (Wildman–Crippen LogP) is 0.143. The number of aromatic amines is 1. The number of aromatic hydroxyl groups is 2. The van der Waals surface area contributed by atoms with Gasteiger partial charge in [-0.2, -0.15) is 0 Å². The molecule has 0 unspecified atom stereocenters. The number of sulfone groups is 1. The fraction of sp³-hybridized carbons (Fsp3) is 0.333. The van der Waals surface area contributed by atoms with Crippen molar-refractivity contribution in [2.75, 3.05) is 12.8 Å². The van der Waals surface area contributed by atoms with E-state index in [1.54, 1.807) is 6.07 Å². The maximum atomic E-state index is 12.2. The molecule has 2 aromatic rings. The van der Waals surface area contributed by atoms with Crippen molar-refractivity contribution < 1.29 is 18.6 Å². The number of nitrogens with zero attached hydrogens (tertiary/aromatic N) is 2. The van der Waals surface area contributed by atoms with Crippen molar-refractivity contribution in [2.24, 2.45) is 0 Å². The second kappa shape index (κ2) is 5.91. The largest absolute Gasteiger partial charge is 0.508 e. The number of hydrogen-bond donors (Lipinski definition) is 3. The molecular formula is C15H17N3O5S. The average molecular weight is 351 g/mol. The molecule has 2 heterocycles. The lowest BCUT2D eigenvalue weighted by molar-refractivity contribution is 0.237. The van der Waals surface area contributed by atoms with Gasteiger partial charge in [0.25, 0.3) is 5.56 Å². The Morgan fingerprint density at radius 2 is 2.08 bits per heavy atom. The smallest absolute Gasteiger partial charge is 0.256 e. The van der Waals surface area contributed by atoms with Crippen LogP contribution in [0.2, 0.25) is 0 Å². The SMILES string of the molecule is CS(=O)(=O)c1nc2c(c(=O)[nH]1)CN(Cc1ccc(O)cc1O)CC2. The van der Waals surface area contributed by atoms with E-state index in [-0.39, 0.29) is 16.7 Å². The summed E-state index contributed by atoms with van der Waals surface area (Å²) in [7, 11) is -3.57. The lowest BCUT2D eigenvalue weighted by Crippen LogP contribution is -2.36.